The summed E-state index contributed by atoms with van der Waals surface area (Å²) < 4.78 is 0.750. The standard InChI is InChI=1S/C20H21ClN2OS/c1-2-12-23(14-16-10-11-19(21)25-16)20(24)9-5-6-15-13-22-18-8-4-3-7-17(15)18/h2-4,7-8,10-11,13,22H,1,5-6,9,12,14H2. The predicted octanol–water partition coefficient (Wildman–Crippen LogP) is 5.42. The van der Waals surface area contributed by atoms with Gasteiger partial charge >= 0.3 is 0 Å². The fourth-order valence-corrected chi connectivity index (χ4v) is 4.07. The van der Waals surface area contributed by atoms with Gasteiger partial charge in [0.15, 0.2) is 0 Å². The second kappa shape index (κ2) is 8.37. The lowest BCUT2D eigenvalue weighted by atomic mass is 10.1. The number of fused-ring (bicyclic) bond motifs is 1. The molecule has 0 unspecified atom stereocenters. The van der Waals surface area contributed by atoms with Gasteiger partial charge in [0, 0.05) is 34.9 Å². The highest BCUT2D eigenvalue weighted by molar-refractivity contribution is 7.16. The Bertz CT molecular complexity index is 867. The van der Waals surface area contributed by atoms with E-state index in [-0.39, 0.29) is 5.91 Å². The lowest BCUT2D eigenvalue weighted by Gasteiger charge is -2.20. The van der Waals surface area contributed by atoms with E-state index in [0.29, 0.717) is 19.5 Å². The largest absolute Gasteiger partial charge is 0.361 e. The van der Waals surface area contributed by atoms with E-state index in [1.165, 1.54) is 22.3 Å². The van der Waals surface area contributed by atoms with Crippen LogP contribution in [0, 0.1) is 0 Å². The molecule has 130 valence electrons. The molecule has 25 heavy (non-hydrogen) atoms. The minimum Gasteiger partial charge on any atom is -0.361 e. The molecule has 0 aliphatic heterocycles. The number of aromatic amines is 1. The maximum Gasteiger partial charge on any atom is 0.223 e. The van der Waals surface area contributed by atoms with Crippen molar-refractivity contribution < 1.29 is 4.79 Å². The van der Waals surface area contributed by atoms with E-state index in [4.69, 9.17) is 11.6 Å². The lowest BCUT2D eigenvalue weighted by Crippen LogP contribution is -2.30. The zero-order valence-corrected chi connectivity index (χ0v) is 15.6. The van der Waals surface area contributed by atoms with Crippen LogP contribution in [0.4, 0.5) is 0 Å². The minimum atomic E-state index is 0.157. The molecular formula is C20H21ClN2OS. The van der Waals surface area contributed by atoms with Crippen molar-refractivity contribution in [3.63, 3.8) is 0 Å². The summed E-state index contributed by atoms with van der Waals surface area (Å²) in [5.74, 6) is 0.157. The average Bonchev–Trinajstić information content (AvgIpc) is 3.21. The number of halogens is 1. The third kappa shape index (κ3) is 4.53. The van der Waals surface area contributed by atoms with Crippen molar-refractivity contribution in [1.82, 2.24) is 9.88 Å². The molecule has 0 saturated carbocycles. The molecule has 0 saturated heterocycles. The molecule has 5 heteroatoms. The van der Waals surface area contributed by atoms with Crippen LogP contribution in [0.25, 0.3) is 10.9 Å². The first kappa shape index (κ1) is 17.8. The number of carbonyl (C=O) groups excluding carboxylic acids is 1. The number of nitrogens with one attached hydrogen (secondary N) is 1. The summed E-state index contributed by atoms with van der Waals surface area (Å²) in [5.41, 5.74) is 2.41. The second-order valence-electron chi connectivity index (χ2n) is 5.98. The molecule has 0 atom stereocenters. The summed E-state index contributed by atoms with van der Waals surface area (Å²) in [6.45, 7) is 4.91. The van der Waals surface area contributed by atoms with Crippen molar-refractivity contribution in [3.05, 3.63) is 70.0 Å². The Balaban J connectivity index is 1.56. The Morgan fingerprint density at radius 2 is 2.12 bits per heavy atom. The van der Waals surface area contributed by atoms with Gasteiger partial charge in [0.2, 0.25) is 5.91 Å². The zero-order valence-electron chi connectivity index (χ0n) is 14.0. The van der Waals surface area contributed by atoms with E-state index in [0.717, 1.165) is 27.6 Å². The molecular weight excluding hydrogens is 352 g/mol. The summed E-state index contributed by atoms with van der Waals surface area (Å²) in [6.07, 6.45) is 6.07. The van der Waals surface area contributed by atoms with Gasteiger partial charge in [-0.3, -0.25) is 4.79 Å². The first-order valence-corrected chi connectivity index (χ1v) is 9.54. The number of benzene rings is 1. The highest BCUT2D eigenvalue weighted by Gasteiger charge is 2.14. The number of nitrogens with zero attached hydrogens (tertiary/aromatic N) is 1. The molecule has 0 aliphatic carbocycles. The molecule has 2 aromatic heterocycles. The molecule has 3 rings (SSSR count). The van der Waals surface area contributed by atoms with Crippen LogP contribution in [0.2, 0.25) is 4.34 Å². The van der Waals surface area contributed by atoms with E-state index >= 15 is 0 Å². The number of rotatable bonds is 8. The Morgan fingerprint density at radius 3 is 2.88 bits per heavy atom. The Kier molecular flexibility index (Phi) is 5.95. The normalized spacial score (nSPS) is 10.9. The number of carbonyl (C=O) groups is 1. The number of H-pyrrole nitrogens is 1. The van der Waals surface area contributed by atoms with Crippen molar-refractivity contribution >= 4 is 39.7 Å². The van der Waals surface area contributed by atoms with E-state index in [9.17, 15) is 4.79 Å². The number of aromatic nitrogens is 1. The number of para-hydroxylation sites is 1. The molecule has 1 N–H and O–H groups in total. The highest BCUT2D eigenvalue weighted by atomic mass is 35.5. The van der Waals surface area contributed by atoms with Crippen LogP contribution in [-0.4, -0.2) is 22.3 Å². The van der Waals surface area contributed by atoms with Crippen LogP contribution in [0.3, 0.4) is 0 Å². The zero-order chi connectivity index (χ0) is 17.6. The van der Waals surface area contributed by atoms with E-state index in [1.54, 1.807) is 6.08 Å². The summed E-state index contributed by atoms with van der Waals surface area (Å²) in [4.78, 5) is 18.8. The SMILES string of the molecule is C=CCN(Cc1ccc(Cl)s1)C(=O)CCCc1c[nH]c2ccccc12. The topological polar surface area (TPSA) is 36.1 Å². The van der Waals surface area contributed by atoms with Gasteiger partial charge in [-0.2, -0.15) is 0 Å². The summed E-state index contributed by atoms with van der Waals surface area (Å²) in [5, 5.41) is 1.24. The monoisotopic (exact) mass is 372 g/mol. The van der Waals surface area contributed by atoms with Gasteiger partial charge in [-0.15, -0.1) is 17.9 Å². The van der Waals surface area contributed by atoms with Gasteiger partial charge in [-0.05, 0) is 36.6 Å². The Morgan fingerprint density at radius 1 is 1.28 bits per heavy atom. The predicted molar refractivity (Wildman–Crippen MR) is 106 cm³/mol. The molecule has 0 spiro atoms. The average molecular weight is 373 g/mol. The third-order valence-corrected chi connectivity index (χ3v) is 5.41. The van der Waals surface area contributed by atoms with Gasteiger partial charge in [0.05, 0.1) is 10.9 Å². The van der Waals surface area contributed by atoms with Crippen LogP contribution in [0.1, 0.15) is 23.3 Å². The molecule has 0 bridgehead atoms. The van der Waals surface area contributed by atoms with E-state index < -0.39 is 0 Å². The van der Waals surface area contributed by atoms with Crippen LogP contribution in [-0.2, 0) is 17.8 Å². The van der Waals surface area contributed by atoms with Crippen molar-refractivity contribution in [2.24, 2.45) is 0 Å². The van der Waals surface area contributed by atoms with Gasteiger partial charge in [-0.1, -0.05) is 35.9 Å². The maximum absolute atomic E-state index is 12.6. The number of hydrogen-bond acceptors (Lipinski definition) is 2. The second-order valence-corrected chi connectivity index (χ2v) is 7.78. The molecule has 0 aliphatic rings. The minimum absolute atomic E-state index is 0.157. The number of amides is 1. The van der Waals surface area contributed by atoms with Gasteiger partial charge in [0.25, 0.3) is 0 Å². The van der Waals surface area contributed by atoms with Crippen molar-refractivity contribution in [2.75, 3.05) is 6.54 Å². The van der Waals surface area contributed by atoms with Crippen LogP contribution in [0.15, 0.2) is 55.3 Å². The Hall–Kier alpha value is -2.04. The maximum atomic E-state index is 12.6. The number of aryl methyl sites for hydroxylation is 1. The summed E-state index contributed by atoms with van der Waals surface area (Å²) in [6, 6.07) is 12.1. The van der Waals surface area contributed by atoms with Crippen molar-refractivity contribution in [2.45, 2.75) is 25.8 Å². The quantitative estimate of drug-likeness (QED) is 0.526. The van der Waals surface area contributed by atoms with Crippen molar-refractivity contribution in [3.8, 4) is 0 Å². The lowest BCUT2D eigenvalue weighted by molar-refractivity contribution is -0.131. The molecule has 3 aromatic rings. The molecule has 1 amide bonds. The van der Waals surface area contributed by atoms with Gasteiger partial charge in [-0.25, -0.2) is 0 Å². The number of hydrogen-bond donors (Lipinski definition) is 1. The number of thiophene rings is 1. The highest BCUT2D eigenvalue weighted by Crippen LogP contribution is 2.23. The van der Waals surface area contributed by atoms with Gasteiger partial charge < -0.3 is 9.88 Å². The van der Waals surface area contributed by atoms with Gasteiger partial charge in [0.1, 0.15) is 0 Å². The van der Waals surface area contributed by atoms with E-state index in [2.05, 4.69) is 23.7 Å². The summed E-state index contributed by atoms with van der Waals surface area (Å²) in [7, 11) is 0. The van der Waals surface area contributed by atoms with Crippen LogP contribution in [0.5, 0.6) is 0 Å². The van der Waals surface area contributed by atoms with Crippen molar-refractivity contribution in [1.29, 1.82) is 0 Å². The van der Waals surface area contributed by atoms with Crippen LogP contribution >= 0.6 is 22.9 Å². The molecule has 1 aromatic carbocycles. The smallest absolute Gasteiger partial charge is 0.223 e. The van der Waals surface area contributed by atoms with E-state index in [1.807, 2.05) is 35.4 Å². The molecule has 0 fully saturated rings. The first-order chi connectivity index (χ1) is 12.2. The molecule has 0 radical (unpaired) electrons. The summed E-state index contributed by atoms with van der Waals surface area (Å²) >= 11 is 7.50. The molecule has 2 heterocycles. The fraction of sp³-hybridized carbons (Fsp3) is 0.250. The molecule has 3 nitrogen and oxygen atoms in total. The fourth-order valence-electron chi connectivity index (χ4n) is 2.96. The third-order valence-electron chi connectivity index (χ3n) is 4.19. The Labute approximate surface area is 156 Å². The van der Waals surface area contributed by atoms with Crippen LogP contribution < -0.4 is 0 Å². The first-order valence-electron chi connectivity index (χ1n) is 8.35.